The van der Waals surface area contributed by atoms with E-state index in [1.54, 1.807) is 13.0 Å². The molecule has 0 N–H and O–H groups in total. The summed E-state index contributed by atoms with van der Waals surface area (Å²) in [5.74, 6) is 0.326. The van der Waals surface area contributed by atoms with Gasteiger partial charge in [0.05, 0.1) is 12.2 Å². The van der Waals surface area contributed by atoms with Crippen LogP contribution < -0.4 is 0 Å². The molecule has 0 fully saturated rings. The fourth-order valence-corrected chi connectivity index (χ4v) is 1.92. The molecule has 0 spiro atoms. The Morgan fingerprint density at radius 3 is 2.88 bits per heavy atom. The molecule has 0 amide bonds. The molecule has 0 saturated carbocycles. The zero-order valence-corrected chi connectivity index (χ0v) is 11.5. The first kappa shape index (κ1) is 13.5. The van der Waals surface area contributed by atoms with Gasteiger partial charge in [-0.15, -0.1) is 11.6 Å². The summed E-state index contributed by atoms with van der Waals surface area (Å²) in [5, 5.41) is 0. The number of rotatable bonds is 5. The Bertz CT molecular complexity index is 366. The minimum Gasteiger partial charge on any atom is -0.462 e. The Balaban J connectivity index is 2.93. The number of hydrogen-bond donors (Lipinski definition) is 0. The Labute approximate surface area is 109 Å². The zero-order valence-electron chi connectivity index (χ0n) is 9.13. The minimum atomic E-state index is -0.270. The smallest absolute Gasteiger partial charge is 0.338 e. The molecule has 88 valence electrons. The van der Waals surface area contributed by atoms with E-state index in [-0.39, 0.29) is 5.97 Å². The van der Waals surface area contributed by atoms with Crippen molar-refractivity contribution in [2.75, 3.05) is 12.5 Å². The van der Waals surface area contributed by atoms with E-state index >= 15 is 0 Å². The molecule has 2 nitrogen and oxygen atoms in total. The van der Waals surface area contributed by atoms with Crippen molar-refractivity contribution in [3.63, 3.8) is 0 Å². The minimum absolute atomic E-state index is 0.270. The number of esters is 1. The summed E-state index contributed by atoms with van der Waals surface area (Å²) < 4.78 is 5.89. The Hall–Kier alpha value is -0.540. The molecule has 0 bridgehead atoms. The standard InChI is InChI=1S/C12H14BrClO2/c1-2-16-12(15)11-8-10(13)6-5-9(11)4-3-7-14/h5-6,8H,2-4,7H2,1H3. The molecular formula is C12H14BrClO2. The zero-order chi connectivity index (χ0) is 12.0. The average molecular weight is 306 g/mol. The molecule has 1 rings (SSSR count). The van der Waals surface area contributed by atoms with Gasteiger partial charge in [0.1, 0.15) is 0 Å². The summed E-state index contributed by atoms with van der Waals surface area (Å²) in [7, 11) is 0. The first-order valence-corrected chi connectivity index (χ1v) is 6.53. The van der Waals surface area contributed by atoms with Crippen LogP contribution in [-0.2, 0) is 11.2 Å². The summed E-state index contributed by atoms with van der Waals surface area (Å²) in [6, 6.07) is 5.65. The second-order valence-corrected chi connectivity index (χ2v) is 4.61. The van der Waals surface area contributed by atoms with E-state index in [2.05, 4.69) is 15.9 Å². The van der Waals surface area contributed by atoms with Crippen molar-refractivity contribution in [1.29, 1.82) is 0 Å². The van der Waals surface area contributed by atoms with Gasteiger partial charge < -0.3 is 4.74 Å². The maximum Gasteiger partial charge on any atom is 0.338 e. The van der Waals surface area contributed by atoms with E-state index in [9.17, 15) is 4.79 Å². The van der Waals surface area contributed by atoms with Crippen molar-refractivity contribution in [3.8, 4) is 0 Å². The van der Waals surface area contributed by atoms with Crippen molar-refractivity contribution >= 4 is 33.5 Å². The van der Waals surface area contributed by atoms with Crippen LogP contribution in [0.4, 0.5) is 0 Å². The molecule has 1 aromatic rings. The van der Waals surface area contributed by atoms with E-state index in [0.717, 1.165) is 22.9 Å². The van der Waals surface area contributed by atoms with Gasteiger partial charge in [-0.2, -0.15) is 0 Å². The van der Waals surface area contributed by atoms with Gasteiger partial charge in [0.25, 0.3) is 0 Å². The van der Waals surface area contributed by atoms with Crippen molar-refractivity contribution in [1.82, 2.24) is 0 Å². The lowest BCUT2D eigenvalue weighted by atomic mass is 10.0. The number of aryl methyl sites for hydroxylation is 1. The van der Waals surface area contributed by atoms with Crippen LogP contribution in [0.1, 0.15) is 29.3 Å². The van der Waals surface area contributed by atoms with Gasteiger partial charge >= 0.3 is 5.97 Å². The first-order chi connectivity index (χ1) is 7.69. The molecule has 0 atom stereocenters. The van der Waals surface area contributed by atoms with Gasteiger partial charge in [-0.3, -0.25) is 0 Å². The Morgan fingerprint density at radius 1 is 1.50 bits per heavy atom. The van der Waals surface area contributed by atoms with E-state index in [1.165, 1.54) is 0 Å². The number of halogens is 2. The molecular weight excluding hydrogens is 291 g/mol. The van der Waals surface area contributed by atoms with Gasteiger partial charge in [-0.1, -0.05) is 22.0 Å². The maximum atomic E-state index is 11.7. The number of carbonyl (C=O) groups is 1. The topological polar surface area (TPSA) is 26.3 Å². The first-order valence-electron chi connectivity index (χ1n) is 5.20. The van der Waals surface area contributed by atoms with Crippen LogP contribution in [0.15, 0.2) is 22.7 Å². The van der Waals surface area contributed by atoms with Gasteiger partial charge in [0, 0.05) is 10.4 Å². The molecule has 4 heteroatoms. The summed E-state index contributed by atoms with van der Waals surface area (Å²) in [6.45, 7) is 2.19. The highest BCUT2D eigenvalue weighted by atomic mass is 79.9. The monoisotopic (exact) mass is 304 g/mol. The van der Waals surface area contributed by atoms with E-state index < -0.39 is 0 Å². The molecule has 0 radical (unpaired) electrons. The lowest BCUT2D eigenvalue weighted by molar-refractivity contribution is 0.0525. The van der Waals surface area contributed by atoms with E-state index in [0.29, 0.717) is 18.1 Å². The highest BCUT2D eigenvalue weighted by molar-refractivity contribution is 9.10. The Kier molecular flexibility index (Phi) is 5.85. The highest BCUT2D eigenvalue weighted by Gasteiger charge is 2.12. The highest BCUT2D eigenvalue weighted by Crippen LogP contribution is 2.19. The number of ether oxygens (including phenoxy) is 1. The third-order valence-electron chi connectivity index (χ3n) is 2.15. The van der Waals surface area contributed by atoms with Crippen molar-refractivity contribution in [2.45, 2.75) is 19.8 Å². The number of carbonyl (C=O) groups excluding carboxylic acids is 1. The van der Waals surface area contributed by atoms with Crippen molar-refractivity contribution < 1.29 is 9.53 Å². The molecule has 0 unspecified atom stereocenters. The lowest BCUT2D eigenvalue weighted by Crippen LogP contribution is -2.08. The number of benzene rings is 1. The quantitative estimate of drug-likeness (QED) is 0.611. The molecule has 0 aliphatic carbocycles. The van der Waals surface area contributed by atoms with Crippen molar-refractivity contribution in [2.24, 2.45) is 0 Å². The van der Waals surface area contributed by atoms with Crippen LogP contribution >= 0.6 is 27.5 Å². The van der Waals surface area contributed by atoms with E-state index in [1.807, 2.05) is 12.1 Å². The van der Waals surface area contributed by atoms with Gasteiger partial charge in [-0.25, -0.2) is 4.79 Å². The molecule has 0 aliphatic rings. The molecule has 0 saturated heterocycles. The molecule has 0 heterocycles. The molecule has 16 heavy (non-hydrogen) atoms. The number of alkyl halides is 1. The van der Waals surface area contributed by atoms with E-state index in [4.69, 9.17) is 16.3 Å². The lowest BCUT2D eigenvalue weighted by Gasteiger charge is -2.08. The summed E-state index contributed by atoms with van der Waals surface area (Å²) >= 11 is 9.00. The van der Waals surface area contributed by atoms with Gasteiger partial charge in [0.15, 0.2) is 0 Å². The van der Waals surface area contributed by atoms with Crippen LogP contribution in [0.25, 0.3) is 0 Å². The predicted molar refractivity (Wildman–Crippen MR) is 69.1 cm³/mol. The number of hydrogen-bond acceptors (Lipinski definition) is 2. The van der Waals surface area contributed by atoms with Gasteiger partial charge in [-0.05, 0) is 37.5 Å². The van der Waals surface area contributed by atoms with Crippen molar-refractivity contribution in [3.05, 3.63) is 33.8 Å². The third kappa shape index (κ3) is 3.80. The van der Waals surface area contributed by atoms with Gasteiger partial charge in [0.2, 0.25) is 0 Å². The largest absolute Gasteiger partial charge is 0.462 e. The third-order valence-corrected chi connectivity index (χ3v) is 2.91. The molecule has 0 aromatic heterocycles. The van der Waals surface area contributed by atoms with Crippen LogP contribution in [0.3, 0.4) is 0 Å². The van der Waals surface area contributed by atoms with Crippen LogP contribution in [0.5, 0.6) is 0 Å². The second kappa shape index (κ2) is 6.92. The fourth-order valence-electron chi connectivity index (χ4n) is 1.42. The Morgan fingerprint density at radius 2 is 2.25 bits per heavy atom. The fraction of sp³-hybridized carbons (Fsp3) is 0.417. The summed E-state index contributed by atoms with van der Waals surface area (Å²) in [4.78, 5) is 11.7. The SMILES string of the molecule is CCOC(=O)c1cc(Br)ccc1CCCCl. The molecule has 1 aromatic carbocycles. The second-order valence-electron chi connectivity index (χ2n) is 3.31. The van der Waals surface area contributed by atoms with Crippen LogP contribution in [0.2, 0.25) is 0 Å². The van der Waals surface area contributed by atoms with Crippen LogP contribution in [-0.4, -0.2) is 18.5 Å². The van der Waals surface area contributed by atoms with Crippen LogP contribution in [0, 0.1) is 0 Å². The predicted octanol–water partition coefficient (Wildman–Crippen LogP) is 3.80. The average Bonchev–Trinajstić information content (AvgIpc) is 2.27. The molecule has 0 aliphatic heterocycles. The summed E-state index contributed by atoms with van der Waals surface area (Å²) in [5.41, 5.74) is 1.61. The maximum absolute atomic E-state index is 11.7. The summed E-state index contributed by atoms with van der Waals surface area (Å²) in [6.07, 6.45) is 1.65. The normalized spacial score (nSPS) is 10.2.